The molecule has 0 bridgehead atoms. The van der Waals surface area contributed by atoms with E-state index in [0.29, 0.717) is 15.6 Å². The van der Waals surface area contributed by atoms with Crippen molar-refractivity contribution in [1.29, 1.82) is 0 Å². The van der Waals surface area contributed by atoms with Gasteiger partial charge in [-0.05, 0) is 48.9 Å². The molecule has 26 heavy (non-hydrogen) atoms. The van der Waals surface area contributed by atoms with Gasteiger partial charge in [0.15, 0.2) is 0 Å². The second kappa shape index (κ2) is 6.90. The van der Waals surface area contributed by atoms with Gasteiger partial charge in [-0.1, -0.05) is 41.4 Å². The van der Waals surface area contributed by atoms with Gasteiger partial charge < -0.3 is 4.74 Å². The fraction of sp³-hybridized carbons (Fsp3) is 0.0476. The number of rotatable bonds is 3. The van der Waals surface area contributed by atoms with Crippen molar-refractivity contribution >= 4 is 39.1 Å². The van der Waals surface area contributed by atoms with Gasteiger partial charge in [-0.3, -0.25) is 0 Å². The van der Waals surface area contributed by atoms with Crippen LogP contribution in [0.3, 0.4) is 0 Å². The Balaban J connectivity index is 1.81. The average molecular weight is 380 g/mol. The minimum absolute atomic E-state index is 0.387. The minimum atomic E-state index is -0.387. The molecule has 0 atom stereocenters. The molecule has 2 aromatic heterocycles. The molecule has 128 valence electrons. The largest absolute Gasteiger partial charge is 0.422 e. The van der Waals surface area contributed by atoms with Crippen molar-refractivity contribution in [3.63, 3.8) is 0 Å². The Morgan fingerprint density at radius 2 is 1.77 bits per heavy atom. The van der Waals surface area contributed by atoms with Crippen molar-refractivity contribution in [2.75, 3.05) is 0 Å². The molecule has 4 rings (SSSR count). The van der Waals surface area contributed by atoms with Gasteiger partial charge in [0.1, 0.15) is 15.5 Å². The Morgan fingerprint density at radius 3 is 2.50 bits per heavy atom. The molecule has 5 heteroatoms. The lowest BCUT2D eigenvalue weighted by Crippen LogP contribution is -2.07. The number of esters is 1. The topological polar surface area (TPSA) is 39.2 Å². The molecule has 0 aliphatic heterocycles. The number of aromatic nitrogens is 1. The van der Waals surface area contributed by atoms with Crippen molar-refractivity contribution in [3.05, 3.63) is 82.3 Å². The van der Waals surface area contributed by atoms with Crippen LogP contribution >= 0.6 is 22.9 Å². The maximum Gasteiger partial charge on any atom is 0.354 e. The third kappa shape index (κ3) is 3.21. The monoisotopic (exact) mass is 379 g/mol. The van der Waals surface area contributed by atoms with Crippen LogP contribution in [0.5, 0.6) is 5.75 Å². The van der Waals surface area contributed by atoms with Gasteiger partial charge in [-0.15, -0.1) is 11.3 Å². The van der Waals surface area contributed by atoms with Crippen LogP contribution in [0.15, 0.2) is 66.9 Å². The maximum absolute atomic E-state index is 12.9. The third-order valence-electron chi connectivity index (χ3n) is 4.02. The first-order valence-corrected chi connectivity index (χ1v) is 9.23. The van der Waals surface area contributed by atoms with Gasteiger partial charge >= 0.3 is 5.97 Å². The molecule has 3 nitrogen and oxygen atoms in total. The van der Waals surface area contributed by atoms with Gasteiger partial charge in [-0.2, -0.15) is 0 Å². The van der Waals surface area contributed by atoms with Gasteiger partial charge in [0, 0.05) is 22.2 Å². The number of ether oxygens (including phenoxy) is 1. The van der Waals surface area contributed by atoms with Crippen LogP contribution in [0.4, 0.5) is 0 Å². The lowest BCUT2D eigenvalue weighted by atomic mass is 10.0. The Kier molecular flexibility index (Phi) is 4.45. The molecule has 0 fully saturated rings. The summed E-state index contributed by atoms with van der Waals surface area (Å²) >= 11 is 7.35. The Morgan fingerprint density at radius 1 is 1.04 bits per heavy atom. The number of carbonyl (C=O) groups is 1. The van der Waals surface area contributed by atoms with E-state index in [9.17, 15) is 4.79 Å². The first-order chi connectivity index (χ1) is 12.6. The molecule has 0 spiro atoms. The summed E-state index contributed by atoms with van der Waals surface area (Å²) in [5.74, 6) is 0.134. The normalized spacial score (nSPS) is 10.8. The van der Waals surface area contributed by atoms with Crippen LogP contribution in [0, 0.1) is 6.92 Å². The van der Waals surface area contributed by atoms with E-state index in [1.807, 2.05) is 55.5 Å². The van der Waals surface area contributed by atoms with E-state index >= 15 is 0 Å². The maximum atomic E-state index is 12.9. The van der Waals surface area contributed by atoms with Crippen molar-refractivity contribution in [2.24, 2.45) is 0 Å². The highest BCUT2D eigenvalue weighted by molar-refractivity contribution is 7.21. The van der Waals surface area contributed by atoms with E-state index in [-0.39, 0.29) is 5.97 Å². The van der Waals surface area contributed by atoms with E-state index < -0.39 is 0 Å². The number of benzene rings is 2. The predicted molar refractivity (Wildman–Crippen MR) is 106 cm³/mol. The van der Waals surface area contributed by atoms with E-state index in [1.165, 1.54) is 11.3 Å². The highest BCUT2D eigenvalue weighted by Crippen LogP contribution is 2.38. The lowest BCUT2D eigenvalue weighted by Gasteiger charge is -2.07. The summed E-state index contributed by atoms with van der Waals surface area (Å²) in [6, 6.07) is 18.7. The summed E-state index contributed by atoms with van der Waals surface area (Å²) < 4.78 is 5.59. The number of aryl methyl sites for hydroxylation is 1. The molecule has 0 saturated carbocycles. The Labute approximate surface area is 159 Å². The quantitative estimate of drug-likeness (QED) is 0.317. The number of nitrogens with zero attached hydrogens (tertiary/aromatic N) is 1. The summed E-state index contributed by atoms with van der Waals surface area (Å²) in [7, 11) is 0. The molecule has 4 aromatic rings. The molecule has 2 heterocycles. The highest BCUT2D eigenvalue weighted by Gasteiger charge is 2.22. The average Bonchev–Trinajstić information content (AvgIpc) is 3.04. The number of hydrogen-bond acceptors (Lipinski definition) is 4. The fourth-order valence-electron chi connectivity index (χ4n) is 2.74. The summed E-state index contributed by atoms with van der Waals surface area (Å²) in [6.07, 6.45) is 1.72. The molecule has 2 aromatic carbocycles. The zero-order chi connectivity index (χ0) is 18.1. The van der Waals surface area contributed by atoms with Crippen LogP contribution in [0.25, 0.3) is 21.3 Å². The molecular formula is C21H14ClNO2S. The smallest absolute Gasteiger partial charge is 0.354 e. The van der Waals surface area contributed by atoms with E-state index in [4.69, 9.17) is 16.3 Å². The van der Waals surface area contributed by atoms with E-state index in [1.54, 1.807) is 18.3 Å². The second-order valence-electron chi connectivity index (χ2n) is 5.87. The predicted octanol–water partition coefficient (Wildman–Crippen LogP) is 6.14. The highest BCUT2D eigenvalue weighted by atomic mass is 35.5. The molecular weight excluding hydrogens is 366 g/mol. The van der Waals surface area contributed by atoms with Gasteiger partial charge in [-0.25, -0.2) is 9.78 Å². The molecule has 0 unspecified atom stereocenters. The SMILES string of the molecule is Cc1ccc(OC(=O)c2sc3ncccc3c2-c2ccc(Cl)cc2)cc1. The van der Waals surface area contributed by atoms with Crippen molar-refractivity contribution in [3.8, 4) is 16.9 Å². The van der Waals surface area contributed by atoms with Gasteiger partial charge in [0.05, 0.1) is 0 Å². The number of carbonyl (C=O) groups excluding carboxylic acids is 1. The third-order valence-corrected chi connectivity index (χ3v) is 5.36. The van der Waals surface area contributed by atoms with Crippen LogP contribution in [0.1, 0.15) is 15.2 Å². The molecule has 0 aliphatic carbocycles. The zero-order valence-electron chi connectivity index (χ0n) is 13.9. The Hall–Kier alpha value is -2.69. The molecule has 0 aliphatic rings. The minimum Gasteiger partial charge on any atom is -0.422 e. The Bertz CT molecular complexity index is 1090. The molecule has 0 amide bonds. The number of fused-ring (bicyclic) bond motifs is 1. The van der Waals surface area contributed by atoms with Gasteiger partial charge in [0.25, 0.3) is 0 Å². The second-order valence-corrected chi connectivity index (χ2v) is 7.31. The lowest BCUT2D eigenvalue weighted by molar-refractivity contribution is 0.0740. The zero-order valence-corrected chi connectivity index (χ0v) is 15.5. The van der Waals surface area contributed by atoms with E-state index in [2.05, 4.69) is 4.98 Å². The van der Waals surface area contributed by atoms with Crippen molar-refractivity contribution in [1.82, 2.24) is 4.98 Å². The first-order valence-electron chi connectivity index (χ1n) is 8.04. The summed E-state index contributed by atoms with van der Waals surface area (Å²) in [4.78, 5) is 18.6. The van der Waals surface area contributed by atoms with Crippen LogP contribution in [0.2, 0.25) is 5.02 Å². The molecule has 0 N–H and O–H groups in total. The first kappa shape index (κ1) is 16.8. The van der Waals surface area contributed by atoms with Crippen LogP contribution in [-0.2, 0) is 0 Å². The fourth-order valence-corrected chi connectivity index (χ4v) is 3.91. The molecule has 0 saturated heterocycles. The summed E-state index contributed by atoms with van der Waals surface area (Å²) in [5.41, 5.74) is 2.84. The van der Waals surface area contributed by atoms with Gasteiger partial charge in [0.2, 0.25) is 0 Å². The van der Waals surface area contributed by atoms with Crippen molar-refractivity contribution in [2.45, 2.75) is 6.92 Å². The van der Waals surface area contributed by atoms with Crippen molar-refractivity contribution < 1.29 is 9.53 Å². The summed E-state index contributed by atoms with van der Waals surface area (Å²) in [6.45, 7) is 1.99. The number of hydrogen-bond donors (Lipinski definition) is 0. The number of pyridine rings is 1. The van der Waals surface area contributed by atoms with Crippen LogP contribution in [-0.4, -0.2) is 11.0 Å². The molecule has 0 radical (unpaired) electrons. The standard InChI is InChI=1S/C21H14ClNO2S/c1-13-4-10-16(11-5-13)25-21(24)19-18(14-6-8-15(22)9-7-14)17-3-2-12-23-20(17)26-19/h2-12H,1H3. The summed E-state index contributed by atoms with van der Waals surface area (Å²) in [5, 5.41) is 1.57. The number of halogens is 1. The number of thiophene rings is 1. The van der Waals surface area contributed by atoms with Crippen LogP contribution < -0.4 is 4.74 Å². The van der Waals surface area contributed by atoms with E-state index in [0.717, 1.165) is 26.9 Å².